The lowest BCUT2D eigenvalue weighted by Crippen LogP contribution is -1.88. The zero-order valence-corrected chi connectivity index (χ0v) is 24.3. The van der Waals surface area contributed by atoms with Gasteiger partial charge in [-0.15, -0.1) is 0 Å². The lowest BCUT2D eigenvalue weighted by atomic mass is 9.96. The Morgan fingerprint density at radius 3 is 1.19 bits per heavy atom. The van der Waals surface area contributed by atoms with E-state index in [2.05, 4.69) is 141 Å². The van der Waals surface area contributed by atoms with Gasteiger partial charge in [0.15, 0.2) is 0 Å². The van der Waals surface area contributed by atoms with Crippen molar-refractivity contribution in [1.29, 1.82) is 0 Å². The molecule has 0 aliphatic carbocycles. The Labute approximate surface area is 221 Å². The predicted octanol–water partition coefficient (Wildman–Crippen LogP) is 10.9. The summed E-state index contributed by atoms with van der Waals surface area (Å²) in [5, 5.41) is 0. The SMILES string of the molecule is C=Cc1ccc(-c2cc(C)c(C)c(C)c2)cc1.CC.Cc1cccc(C)c1C.Cc1ccccc1C. The normalized spacial score (nSPS) is 9.50. The fourth-order valence-corrected chi connectivity index (χ4v) is 3.57. The Morgan fingerprint density at radius 2 is 0.833 bits per heavy atom. The van der Waals surface area contributed by atoms with Crippen molar-refractivity contribution in [2.24, 2.45) is 0 Å². The second-order valence-corrected chi connectivity index (χ2v) is 9.16. The van der Waals surface area contributed by atoms with Gasteiger partial charge in [-0.1, -0.05) is 105 Å². The number of hydrogen-bond donors (Lipinski definition) is 0. The Hall–Kier alpha value is -3.38. The van der Waals surface area contributed by atoms with Crippen LogP contribution in [0.25, 0.3) is 17.2 Å². The molecular formula is C36H46. The summed E-state index contributed by atoms with van der Waals surface area (Å²) in [6.45, 7) is 25.0. The first-order valence-corrected chi connectivity index (χ1v) is 13.0. The van der Waals surface area contributed by atoms with Crippen molar-refractivity contribution in [3.63, 3.8) is 0 Å². The minimum Gasteiger partial charge on any atom is -0.0985 e. The quantitative estimate of drug-likeness (QED) is 0.269. The van der Waals surface area contributed by atoms with Crippen LogP contribution in [0.15, 0.2) is 85.4 Å². The van der Waals surface area contributed by atoms with Crippen molar-refractivity contribution in [2.45, 2.75) is 69.2 Å². The summed E-state index contributed by atoms with van der Waals surface area (Å²) in [6.07, 6.45) is 1.87. The number of hydrogen-bond acceptors (Lipinski definition) is 0. The van der Waals surface area contributed by atoms with E-state index in [0.29, 0.717) is 0 Å². The number of rotatable bonds is 2. The number of benzene rings is 4. The molecule has 4 aromatic carbocycles. The topological polar surface area (TPSA) is 0 Å². The van der Waals surface area contributed by atoms with Crippen molar-refractivity contribution in [2.75, 3.05) is 0 Å². The highest BCUT2D eigenvalue weighted by atomic mass is 14.1. The van der Waals surface area contributed by atoms with Crippen LogP contribution in [0.3, 0.4) is 0 Å². The van der Waals surface area contributed by atoms with Crippen LogP contribution in [-0.4, -0.2) is 0 Å². The van der Waals surface area contributed by atoms with Gasteiger partial charge in [0.05, 0.1) is 0 Å². The lowest BCUT2D eigenvalue weighted by molar-refractivity contribution is 1.27. The monoisotopic (exact) mass is 478 g/mol. The van der Waals surface area contributed by atoms with Crippen LogP contribution in [0.5, 0.6) is 0 Å². The third kappa shape index (κ3) is 9.34. The molecule has 4 rings (SSSR count). The van der Waals surface area contributed by atoms with Gasteiger partial charge in [0.1, 0.15) is 0 Å². The molecule has 0 nitrogen and oxygen atoms in total. The molecule has 0 aromatic heterocycles. The average molecular weight is 479 g/mol. The van der Waals surface area contributed by atoms with Crippen LogP contribution in [0, 0.1) is 55.4 Å². The van der Waals surface area contributed by atoms with E-state index in [1.54, 1.807) is 0 Å². The van der Waals surface area contributed by atoms with E-state index in [4.69, 9.17) is 0 Å². The Kier molecular flexibility index (Phi) is 13.3. The summed E-state index contributed by atoms with van der Waals surface area (Å²) in [5.41, 5.74) is 14.7. The van der Waals surface area contributed by atoms with Gasteiger partial charge in [-0.05, 0) is 117 Å². The summed E-state index contributed by atoms with van der Waals surface area (Å²) in [5.74, 6) is 0. The molecule has 0 spiro atoms. The minimum absolute atomic E-state index is 1.16. The summed E-state index contributed by atoms with van der Waals surface area (Å²) in [6, 6.07) is 27.8. The second kappa shape index (κ2) is 15.6. The Morgan fingerprint density at radius 1 is 0.444 bits per heavy atom. The zero-order valence-electron chi connectivity index (χ0n) is 24.3. The molecule has 0 heterocycles. The van der Waals surface area contributed by atoms with Crippen LogP contribution in [0.2, 0.25) is 0 Å². The summed E-state index contributed by atoms with van der Waals surface area (Å²) >= 11 is 0. The molecule has 0 aliphatic rings. The van der Waals surface area contributed by atoms with E-state index in [9.17, 15) is 0 Å². The van der Waals surface area contributed by atoms with E-state index in [-0.39, 0.29) is 0 Å². The van der Waals surface area contributed by atoms with Gasteiger partial charge in [-0.25, -0.2) is 0 Å². The van der Waals surface area contributed by atoms with E-state index < -0.39 is 0 Å². The molecule has 0 bridgehead atoms. The van der Waals surface area contributed by atoms with Gasteiger partial charge in [-0.2, -0.15) is 0 Å². The van der Waals surface area contributed by atoms with E-state index in [0.717, 1.165) is 5.56 Å². The summed E-state index contributed by atoms with van der Waals surface area (Å²) < 4.78 is 0. The van der Waals surface area contributed by atoms with Crippen LogP contribution in [-0.2, 0) is 0 Å². The van der Waals surface area contributed by atoms with Gasteiger partial charge in [0.25, 0.3) is 0 Å². The van der Waals surface area contributed by atoms with Gasteiger partial charge in [-0.3, -0.25) is 0 Å². The first-order valence-electron chi connectivity index (χ1n) is 13.0. The first-order chi connectivity index (χ1) is 17.1. The van der Waals surface area contributed by atoms with E-state index in [1.807, 2.05) is 19.9 Å². The zero-order chi connectivity index (χ0) is 27.3. The van der Waals surface area contributed by atoms with Crippen molar-refractivity contribution in [1.82, 2.24) is 0 Å². The Balaban J connectivity index is 0.000000287. The highest BCUT2D eigenvalue weighted by molar-refractivity contribution is 5.67. The molecule has 0 saturated heterocycles. The molecular weight excluding hydrogens is 432 g/mol. The maximum atomic E-state index is 3.77. The molecule has 0 unspecified atom stereocenters. The largest absolute Gasteiger partial charge is 0.0985 e. The highest BCUT2D eigenvalue weighted by Gasteiger charge is 2.03. The maximum absolute atomic E-state index is 3.77. The lowest BCUT2D eigenvalue weighted by Gasteiger charge is -2.09. The molecule has 0 amide bonds. The fraction of sp³-hybridized carbons (Fsp3) is 0.278. The van der Waals surface area contributed by atoms with Gasteiger partial charge >= 0.3 is 0 Å². The highest BCUT2D eigenvalue weighted by Crippen LogP contribution is 2.25. The van der Waals surface area contributed by atoms with Gasteiger partial charge in [0, 0.05) is 0 Å². The first kappa shape index (κ1) is 30.7. The molecule has 0 N–H and O–H groups in total. The number of aryl methyl sites for hydroxylation is 6. The third-order valence-electron chi connectivity index (χ3n) is 6.71. The standard InChI is InChI=1S/C17H18.C9H12.C8H10.C2H6/c1-5-15-6-8-16(9-7-15)17-10-12(2)14(4)13(3)11-17;1-7-5-4-6-8(2)9(7)3;1-7-5-3-4-6-8(7)2;1-2/h5-11H,1H2,2-4H3;4-6H,1-3H3;3-6H,1-2H3;1-2H3. The average Bonchev–Trinajstić information content (AvgIpc) is 2.89. The molecule has 0 fully saturated rings. The molecule has 0 saturated carbocycles. The van der Waals surface area contributed by atoms with Crippen molar-refractivity contribution < 1.29 is 0 Å². The van der Waals surface area contributed by atoms with Crippen molar-refractivity contribution in [3.05, 3.63) is 136 Å². The van der Waals surface area contributed by atoms with Crippen molar-refractivity contribution >= 4 is 6.08 Å². The molecule has 0 atom stereocenters. The molecule has 4 aromatic rings. The molecule has 36 heavy (non-hydrogen) atoms. The maximum Gasteiger partial charge on any atom is -0.0179 e. The second-order valence-electron chi connectivity index (χ2n) is 9.16. The smallest absolute Gasteiger partial charge is 0.0179 e. The van der Waals surface area contributed by atoms with Crippen LogP contribution >= 0.6 is 0 Å². The Bertz CT molecular complexity index is 1160. The fourth-order valence-electron chi connectivity index (χ4n) is 3.57. The summed E-state index contributed by atoms with van der Waals surface area (Å²) in [7, 11) is 0. The summed E-state index contributed by atoms with van der Waals surface area (Å²) in [4.78, 5) is 0. The predicted molar refractivity (Wildman–Crippen MR) is 164 cm³/mol. The van der Waals surface area contributed by atoms with Crippen LogP contribution in [0.1, 0.15) is 63.9 Å². The van der Waals surface area contributed by atoms with Gasteiger partial charge in [0.2, 0.25) is 0 Å². The van der Waals surface area contributed by atoms with Crippen LogP contribution in [0.4, 0.5) is 0 Å². The van der Waals surface area contributed by atoms with Gasteiger partial charge < -0.3 is 0 Å². The third-order valence-corrected chi connectivity index (χ3v) is 6.71. The van der Waals surface area contributed by atoms with Crippen molar-refractivity contribution in [3.8, 4) is 11.1 Å². The van der Waals surface area contributed by atoms with E-state index >= 15 is 0 Å². The molecule has 0 radical (unpaired) electrons. The van der Waals surface area contributed by atoms with Crippen LogP contribution < -0.4 is 0 Å². The molecule has 0 heteroatoms. The molecule has 0 aliphatic heterocycles. The minimum atomic E-state index is 1.16. The molecule has 190 valence electrons. The van der Waals surface area contributed by atoms with E-state index in [1.165, 1.54) is 55.6 Å².